The Bertz CT molecular complexity index is 268. The molecular weight excluding hydrogens is 174 g/mol. The highest BCUT2D eigenvalue weighted by Gasteiger charge is 2.10. The van der Waals surface area contributed by atoms with Gasteiger partial charge in [0.05, 0.1) is 0 Å². The van der Waals surface area contributed by atoms with Crippen molar-refractivity contribution < 1.29 is 5.11 Å². The van der Waals surface area contributed by atoms with Crippen molar-refractivity contribution in [3.05, 3.63) is 29.8 Å². The molecule has 14 heavy (non-hydrogen) atoms. The van der Waals surface area contributed by atoms with E-state index < -0.39 is 0 Å². The largest absolute Gasteiger partial charge is 0.508 e. The molecule has 0 heterocycles. The average Bonchev–Trinajstić information content (AvgIpc) is 2.20. The van der Waals surface area contributed by atoms with E-state index >= 15 is 0 Å². The van der Waals surface area contributed by atoms with Gasteiger partial charge < -0.3 is 10.4 Å². The molecule has 2 N–H and O–H groups in total. The topological polar surface area (TPSA) is 32.3 Å². The Morgan fingerprint density at radius 3 is 2.29 bits per heavy atom. The zero-order valence-electron chi connectivity index (χ0n) is 9.12. The molecule has 78 valence electrons. The van der Waals surface area contributed by atoms with Crippen molar-refractivity contribution >= 4 is 0 Å². The number of benzene rings is 1. The van der Waals surface area contributed by atoms with Crippen LogP contribution >= 0.6 is 0 Å². The first-order valence-electron chi connectivity index (χ1n) is 5.08. The molecule has 0 aliphatic carbocycles. The molecule has 0 spiro atoms. The predicted octanol–water partition coefficient (Wildman–Crippen LogP) is 2.18. The van der Waals surface area contributed by atoms with Crippen molar-refractivity contribution in [2.75, 3.05) is 7.05 Å². The lowest BCUT2D eigenvalue weighted by Crippen LogP contribution is -2.29. The van der Waals surface area contributed by atoms with E-state index in [4.69, 9.17) is 5.11 Å². The summed E-state index contributed by atoms with van der Waals surface area (Å²) in [6.45, 7) is 4.42. The molecular formula is C12H19NO. The van der Waals surface area contributed by atoms with Crippen molar-refractivity contribution in [2.45, 2.75) is 26.3 Å². The second kappa shape index (κ2) is 5.01. The molecule has 1 rings (SSSR count). The predicted molar refractivity (Wildman–Crippen MR) is 59.5 cm³/mol. The lowest BCUT2D eigenvalue weighted by Gasteiger charge is -2.19. The summed E-state index contributed by atoms with van der Waals surface area (Å²) in [6, 6.07) is 7.96. The van der Waals surface area contributed by atoms with Crippen molar-refractivity contribution in [2.24, 2.45) is 5.92 Å². The van der Waals surface area contributed by atoms with E-state index in [0.29, 0.717) is 17.7 Å². The minimum atomic E-state index is 0.336. The van der Waals surface area contributed by atoms with Gasteiger partial charge in [-0.05, 0) is 44.0 Å². The maximum absolute atomic E-state index is 9.13. The quantitative estimate of drug-likeness (QED) is 0.768. The smallest absolute Gasteiger partial charge is 0.115 e. The van der Waals surface area contributed by atoms with Gasteiger partial charge in [-0.2, -0.15) is 0 Å². The maximum atomic E-state index is 9.13. The van der Waals surface area contributed by atoms with Crippen LogP contribution in [0.25, 0.3) is 0 Å². The van der Waals surface area contributed by atoms with Crippen LogP contribution in [0.1, 0.15) is 19.4 Å². The molecule has 1 aromatic carbocycles. The van der Waals surface area contributed by atoms with Crippen LogP contribution in [-0.4, -0.2) is 18.2 Å². The highest BCUT2D eigenvalue weighted by Crippen LogP contribution is 2.15. The Kier molecular flexibility index (Phi) is 3.96. The number of hydrogen-bond acceptors (Lipinski definition) is 2. The molecule has 0 saturated carbocycles. The summed E-state index contributed by atoms with van der Waals surface area (Å²) in [6.07, 6.45) is 1.04. The summed E-state index contributed by atoms with van der Waals surface area (Å²) >= 11 is 0. The molecule has 2 unspecified atom stereocenters. The van der Waals surface area contributed by atoms with Gasteiger partial charge in [-0.1, -0.05) is 19.1 Å². The molecule has 0 bridgehead atoms. The van der Waals surface area contributed by atoms with Crippen LogP contribution in [0.4, 0.5) is 0 Å². The fourth-order valence-electron chi connectivity index (χ4n) is 1.47. The lowest BCUT2D eigenvalue weighted by molar-refractivity contribution is 0.423. The highest BCUT2D eigenvalue weighted by atomic mass is 16.3. The molecule has 0 fully saturated rings. The Hall–Kier alpha value is -1.02. The summed E-state index contributed by atoms with van der Waals surface area (Å²) in [4.78, 5) is 0. The van der Waals surface area contributed by atoms with Crippen LogP contribution in [-0.2, 0) is 6.42 Å². The number of rotatable bonds is 4. The van der Waals surface area contributed by atoms with Gasteiger partial charge in [0.15, 0.2) is 0 Å². The monoisotopic (exact) mass is 193 g/mol. The van der Waals surface area contributed by atoms with Gasteiger partial charge in [0.25, 0.3) is 0 Å². The van der Waals surface area contributed by atoms with E-state index in [9.17, 15) is 0 Å². The summed E-state index contributed by atoms with van der Waals surface area (Å²) in [5, 5.41) is 12.4. The van der Waals surface area contributed by atoms with Crippen LogP contribution in [0, 0.1) is 5.92 Å². The Morgan fingerprint density at radius 2 is 1.79 bits per heavy atom. The van der Waals surface area contributed by atoms with Crippen LogP contribution < -0.4 is 5.32 Å². The van der Waals surface area contributed by atoms with E-state index in [1.54, 1.807) is 12.1 Å². The average molecular weight is 193 g/mol. The third-order valence-electron chi connectivity index (χ3n) is 2.80. The number of phenols is 1. The van der Waals surface area contributed by atoms with E-state index in [-0.39, 0.29) is 0 Å². The van der Waals surface area contributed by atoms with E-state index in [1.165, 1.54) is 5.56 Å². The van der Waals surface area contributed by atoms with Crippen molar-refractivity contribution in [1.29, 1.82) is 0 Å². The number of phenolic OH excluding ortho intramolecular Hbond substituents is 1. The van der Waals surface area contributed by atoms with E-state index in [0.717, 1.165) is 6.42 Å². The molecule has 2 atom stereocenters. The molecule has 0 aliphatic rings. The lowest BCUT2D eigenvalue weighted by atomic mass is 9.95. The summed E-state index contributed by atoms with van der Waals surface area (Å²) in [7, 11) is 1.98. The zero-order valence-corrected chi connectivity index (χ0v) is 9.12. The van der Waals surface area contributed by atoms with Crippen molar-refractivity contribution in [3.8, 4) is 5.75 Å². The standard InChI is InChI=1S/C12H19NO/c1-9(10(2)13-3)8-11-4-6-12(14)7-5-11/h4-7,9-10,13-14H,8H2,1-3H3. The highest BCUT2D eigenvalue weighted by molar-refractivity contribution is 5.26. The molecule has 0 aromatic heterocycles. The minimum Gasteiger partial charge on any atom is -0.508 e. The second-order valence-corrected chi connectivity index (χ2v) is 3.93. The van der Waals surface area contributed by atoms with Crippen molar-refractivity contribution in [3.63, 3.8) is 0 Å². The molecule has 0 aliphatic heterocycles. The normalized spacial score (nSPS) is 15.1. The Balaban J connectivity index is 2.56. The van der Waals surface area contributed by atoms with Gasteiger partial charge >= 0.3 is 0 Å². The van der Waals surface area contributed by atoms with Crippen molar-refractivity contribution in [1.82, 2.24) is 5.32 Å². The molecule has 1 aromatic rings. The fraction of sp³-hybridized carbons (Fsp3) is 0.500. The van der Waals surface area contributed by atoms with Gasteiger partial charge in [0, 0.05) is 6.04 Å². The number of nitrogens with one attached hydrogen (secondary N) is 1. The SMILES string of the molecule is CNC(C)C(C)Cc1ccc(O)cc1. The van der Waals surface area contributed by atoms with Crippen LogP contribution in [0.2, 0.25) is 0 Å². The van der Waals surface area contributed by atoms with Crippen LogP contribution in [0.15, 0.2) is 24.3 Å². The van der Waals surface area contributed by atoms with Gasteiger partial charge in [0.2, 0.25) is 0 Å². The van der Waals surface area contributed by atoms with Crippen LogP contribution in [0.5, 0.6) is 5.75 Å². The van der Waals surface area contributed by atoms with Gasteiger partial charge in [-0.15, -0.1) is 0 Å². The second-order valence-electron chi connectivity index (χ2n) is 3.93. The third kappa shape index (κ3) is 3.04. The fourth-order valence-corrected chi connectivity index (χ4v) is 1.47. The summed E-state index contributed by atoms with van der Waals surface area (Å²) < 4.78 is 0. The third-order valence-corrected chi connectivity index (χ3v) is 2.80. The molecule has 2 heteroatoms. The van der Waals surface area contributed by atoms with Crippen LogP contribution in [0.3, 0.4) is 0 Å². The Morgan fingerprint density at radius 1 is 1.21 bits per heavy atom. The number of aromatic hydroxyl groups is 1. The molecule has 0 saturated heterocycles. The van der Waals surface area contributed by atoms with Gasteiger partial charge in [0.1, 0.15) is 5.75 Å². The summed E-state index contributed by atoms with van der Waals surface area (Å²) in [5.41, 5.74) is 1.28. The zero-order chi connectivity index (χ0) is 10.6. The Labute approximate surface area is 86.0 Å². The molecule has 0 amide bonds. The van der Waals surface area contributed by atoms with E-state index in [1.807, 2.05) is 19.2 Å². The number of hydrogen-bond donors (Lipinski definition) is 2. The summed E-state index contributed by atoms with van der Waals surface area (Å²) in [5.74, 6) is 0.938. The first kappa shape index (κ1) is 11.1. The van der Waals surface area contributed by atoms with E-state index in [2.05, 4.69) is 19.2 Å². The minimum absolute atomic E-state index is 0.336. The maximum Gasteiger partial charge on any atom is 0.115 e. The van der Waals surface area contributed by atoms with Gasteiger partial charge in [-0.25, -0.2) is 0 Å². The molecule has 0 radical (unpaired) electrons. The first-order valence-corrected chi connectivity index (χ1v) is 5.08. The van der Waals surface area contributed by atoms with Gasteiger partial charge in [-0.3, -0.25) is 0 Å². The first-order chi connectivity index (χ1) is 6.63. The molecule has 2 nitrogen and oxygen atoms in total.